The van der Waals surface area contributed by atoms with Gasteiger partial charge in [-0.3, -0.25) is 15.0 Å². The predicted molar refractivity (Wildman–Crippen MR) is 62.9 cm³/mol. The number of aromatic nitrogens is 2. The van der Waals surface area contributed by atoms with Gasteiger partial charge in [0.15, 0.2) is 0 Å². The molecule has 2 heterocycles. The SMILES string of the molecule is CCc1csc(Cc2c(C(F)(F)F)[nH][nH]c2=O)c1. The van der Waals surface area contributed by atoms with Crippen molar-refractivity contribution < 1.29 is 13.2 Å². The van der Waals surface area contributed by atoms with Gasteiger partial charge in [0.1, 0.15) is 5.69 Å². The highest BCUT2D eigenvalue weighted by Gasteiger charge is 2.36. The fraction of sp³-hybridized carbons (Fsp3) is 0.364. The normalized spacial score (nSPS) is 12.0. The molecule has 0 fully saturated rings. The van der Waals surface area contributed by atoms with Crippen LogP contribution in [0.4, 0.5) is 13.2 Å². The van der Waals surface area contributed by atoms with E-state index in [-0.39, 0.29) is 12.0 Å². The van der Waals surface area contributed by atoms with Crippen molar-refractivity contribution in [1.82, 2.24) is 10.2 Å². The second kappa shape index (κ2) is 4.64. The van der Waals surface area contributed by atoms with E-state index < -0.39 is 17.4 Å². The van der Waals surface area contributed by atoms with Crippen LogP contribution in [0, 0.1) is 0 Å². The first kappa shape index (κ1) is 12.9. The van der Waals surface area contributed by atoms with Crippen LogP contribution in [0.15, 0.2) is 16.2 Å². The van der Waals surface area contributed by atoms with Gasteiger partial charge in [-0.25, -0.2) is 0 Å². The van der Waals surface area contributed by atoms with E-state index in [1.54, 1.807) is 0 Å². The van der Waals surface area contributed by atoms with Crippen molar-refractivity contribution in [3.8, 4) is 0 Å². The van der Waals surface area contributed by atoms with Gasteiger partial charge in [0, 0.05) is 11.3 Å². The first-order valence-corrected chi connectivity index (χ1v) is 6.22. The van der Waals surface area contributed by atoms with Gasteiger partial charge in [-0.15, -0.1) is 11.3 Å². The summed E-state index contributed by atoms with van der Waals surface area (Å²) in [6, 6.07) is 1.83. The first-order valence-electron chi connectivity index (χ1n) is 5.34. The van der Waals surface area contributed by atoms with Crippen molar-refractivity contribution in [1.29, 1.82) is 0 Å². The van der Waals surface area contributed by atoms with Crippen LogP contribution >= 0.6 is 11.3 Å². The Bertz CT molecular complexity index is 594. The largest absolute Gasteiger partial charge is 0.433 e. The minimum Gasteiger partial charge on any atom is -0.293 e. The lowest BCUT2D eigenvalue weighted by molar-refractivity contribution is -0.141. The maximum absolute atomic E-state index is 12.6. The Balaban J connectivity index is 2.34. The second-order valence-electron chi connectivity index (χ2n) is 3.88. The van der Waals surface area contributed by atoms with E-state index in [0.29, 0.717) is 0 Å². The summed E-state index contributed by atoms with van der Waals surface area (Å²) >= 11 is 1.37. The zero-order valence-electron chi connectivity index (χ0n) is 9.52. The Labute approximate surface area is 105 Å². The van der Waals surface area contributed by atoms with Gasteiger partial charge in [0.25, 0.3) is 5.56 Å². The third kappa shape index (κ3) is 2.50. The molecule has 98 valence electrons. The van der Waals surface area contributed by atoms with Crippen molar-refractivity contribution in [3.63, 3.8) is 0 Å². The molecule has 18 heavy (non-hydrogen) atoms. The van der Waals surface area contributed by atoms with Gasteiger partial charge in [0.05, 0.1) is 5.56 Å². The molecule has 2 N–H and O–H groups in total. The average molecular weight is 276 g/mol. The number of aryl methyl sites for hydroxylation is 1. The van der Waals surface area contributed by atoms with E-state index in [9.17, 15) is 18.0 Å². The average Bonchev–Trinajstić information content (AvgIpc) is 2.86. The van der Waals surface area contributed by atoms with Crippen LogP contribution in [0.25, 0.3) is 0 Å². The lowest BCUT2D eigenvalue weighted by atomic mass is 10.1. The van der Waals surface area contributed by atoms with Crippen LogP contribution < -0.4 is 5.56 Å². The van der Waals surface area contributed by atoms with Crippen molar-refractivity contribution in [2.75, 3.05) is 0 Å². The summed E-state index contributed by atoms with van der Waals surface area (Å²) in [5.41, 5.74) is -0.893. The number of nitrogens with one attached hydrogen (secondary N) is 2. The minimum atomic E-state index is -4.54. The van der Waals surface area contributed by atoms with E-state index in [4.69, 9.17) is 0 Å². The molecule has 2 rings (SSSR count). The van der Waals surface area contributed by atoms with Gasteiger partial charge in [-0.1, -0.05) is 6.92 Å². The summed E-state index contributed by atoms with van der Waals surface area (Å²) in [7, 11) is 0. The monoisotopic (exact) mass is 276 g/mol. The summed E-state index contributed by atoms with van der Waals surface area (Å²) in [6.45, 7) is 1.97. The molecule has 0 amide bonds. The number of hydrogen-bond donors (Lipinski definition) is 2. The van der Waals surface area contributed by atoms with Crippen LogP contribution in [0.3, 0.4) is 0 Å². The second-order valence-corrected chi connectivity index (χ2v) is 4.88. The summed E-state index contributed by atoms with van der Waals surface area (Å²) in [5, 5.41) is 5.78. The number of halogens is 3. The number of aromatic amines is 2. The lowest BCUT2D eigenvalue weighted by Gasteiger charge is -2.05. The zero-order chi connectivity index (χ0) is 13.3. The molecule has 0 atom stereocenters. The molecule has 2 aromatic heterocycles. The first-order chi connectivity index (χ1) is 8.41. The Hall–Kier alpha value is -1.50. The summed E-state index contributed by atoms with van der Waals surface area (Å²) in [6.07, 6.45) is -3.72. The number of thiophene rings is 1. The van der Waals surface area contributed by atoms with Crippen LogP contribution in [0.1, 0.15) is 28.6 Å². The van der Waals surface area contributed by atoms with Crippen molar-refractivity contribution in [2.24, 2.45) is 0 Å². The van der Waals surface area contributed by atoms with Crippen molar-refractivity contribution in [2.45, 2.75) is 25.9 Å². The van der Waals surface area contributed by atoms with E-state index in [1.807, 2.05) is 28.6 Å². The minimum absolute atomic E-state index is 0.00164. The summed E-state index contributed by atoms with van der Waals surface area (Å²) in [5.74, 6) is 0. The number of hydrogen-bond acceptors (Lipinski definition) is 2. The molecule has 0 unspecified atom stereocenters. The fourth-order valence-electron chi connectivity index (χ4n) is 1.67. The molecule has 0 saturated heterocycles. The van der Waals surface area contributed by atoms with Crippen LogP contribution in [-0.2, 0) is 19.0 Å². The smallest absolute Gasteiger partial charge is 0.293 e. The molecule has 0 aliphatic heterocycles. The number of alkyl halides is 3. The molecule has 0 aromatic carbocycles. The Morgan fingerprint density at radius 1 is 1.33 bits per heavy atom. The van der Waals surface area contributed by atoms with Crippen molar-refractivity contribution in [3.05, 3.63) is 43.5 Å². The Morgan fingerprint density at radius 2 is 2.06 bits per heavy atom. The van der Waals surface area contributed by atoms with Gasteiger partial charge in [-0.05, 0) is 23.4 Å². The number of rotatable bonds is 3. The van der Waals surface area contributed by atoms with Crippen LogP contribution in [-0.4, -0.2) is 10.2 Å². The maximum atomic E-state index is 12.6. The third-order valence-electron chi connectivity index (χ3n) is 2.63. The van der Waals surface area contributed by atoms with Crippen LogP contribution in [0.5, 0.6) is 0 Å². The van der Waals surface area contributed by atoms with Gasteiger partial charge >= 0.3 is 6.18 Å². The maximum Gasteiger partial charge on any atom is 0.433 e. The fourth-order valence-corrected chi connectivity index (χ4v) is 2.66. The third-order valence-corrected chi connectivity index (χ3v) is 3.61. The molecule has 0 bridgehead atoms. The Morgan fingerprint density at radius 3 is 2.61 bits per heavy atom. The van der Waals surface area contributed by atoms with E-state index in [2.05, 4.69) is 0 Å². The molecular formula is C11H11F3N2OS. The molecule has 0 aliphatic rings. The van der Waals surface area contributed by atoms with Crippen LogP contribution in [0.2, 0.25) is 0 Å². The standard InChI is InChI=1S/C11H11F3N2OS/c1-2-6-3-7(18-5-6)4-8-9(11(12,13)14)15-16-10(8)17/h3,5H,2,4H2,1H3,(H2,15,16,17). The molecule has 7 heteroatoms. The van der Waals surface area contributed by atoms with E-state index in [1.165, 1.54) is 11.3 Å². The lowest BCUT2D eigenvalue weighted by Crippen LogP contribution is -2.13. The van der Waals surface area contributed by atoms with Gasteiger partial charge in [0.2, 0.25) is 0 Å². The zero-order valence-corrected chi connectivity index (χ0v) is 10.3. The molecule has 2 aromatic rings. The highest BCUT2D eigenvalue weighted by molar-refractivity contribution is 7.10. The molecule has 0 spiro atoms. The number of H-pyrrole nitrogens is 2. The van der Waals surface area contributed by atoms with Gasteiger partial charge in [-0.2, -0.15) is 13.2 Å². The molecule has 0 aliphatic carbocycles. The highest BCUT2D eigenvalue weighted by atomic mass is 32.1. The summed E-state index contributed by atoms with van der Waals surface area (Å²) < 4.78 is 37.9. The topological polar surface area (TPSA) is 48.6 Å². The van der Waals surface area contributed by atoms with E-state index in [0.717, 1.165) is 16.9 Å². The molecular weight excluding hydrogens is 265 g/mol. The predicted octanol–water partition coefficient (Wildman–Crippen LogP) is 2.94. The summed E-state index contributed by atoms with van der Waals surface area (Å²) in [4.78, 5) is 12.1. The van der Waals surface area contributed by atoms with E-state index >= 15 is 0 Å². The van der Waals surface area contributed by atoms with Gasteiger partial charge < -0.3 is 0 Å². The Kier molecular flexibility index (Phi) is 3.34. The highest BCUT2D eigenvalue weighted by Crippen LogP contribution is 2.30. The molecule has 3 nitrogen and oxygen atoms in total. The molecule has 0 saturated carbocycles. The molecule has 0 radical (unpaired) electrons. The quantitative estimate of drug-likeness (QED) is 0.889. The van der Waals surface area contributed by atoms with Crippen molar-refractivity contribution >= 4 is 11.3 Å².